The van der Waals surface area contributed by atoms with Crippen molar-refractivity contribution >= 4 is 15.9 Å². The van der Waals surface area contributed by atoms with E-state index in [1.54, 1.807) is 18.2 Å². The highest BCUT2D eigenvalue weighted by molar-refractivity contribution is 7.85. The molecule has 0 atom stereocenters. The quantitative estimate of drug-likeness (QED) is 0.449. The van der Waals surface area contributed by atoms with Crippen molar-refractivity contribution in [3.05, 3.63) is 36.4 Å². The summed E-state index contributed by atoms with van der Waals surface area (Å²) < 4.78 is 39.8. The maximum absolute atomic E-state index is 10.5. The van der Waals surface area contributed by atoms with Crippen LogP contribution >= 0.6 is 0 Å². The van der Waals surface area contributed by atoms with Crippen LogP contribution in [-0.2, 0) is 14.9 Å². The van der Waals surface area contributed by atoms with Gasteiger partial charge in [0, 0.05) is 11.6 Å². The number of rotatable bonds is 8. The summed E-state index contributed by atoms with van der Waals surface area (Å²) in [4.78, 5) is 0. The fraction of sp³-hybridized carbons (Fsp3) is 0.385. The fourth-order valence-corrected chi connectivity index (χ4v) is 1.94. The van der Waals surface area contributed by atoms with Gasteiger partial charge in [0.05, 0.1) is 19.5 Å². The van der Waals surface area contributed by atoms with Gasteiger partial charge in [-0.2, -0.15) is 8.42 Å². The topological polar surface area (TPSA) is 72.8 Å². The van der Waals surface area contributed by atoms with Crippen LogP contribution in [0.15, 0.2) is 18.2 Å². The molecule has 1 aromatic carbocycles. The Morgan fingerprint density at radius 2 is 2.21 bits per heavy atom. The average molecular weight is 284 g/mol. The van der Waals surface area contributed by atoms with Gasteiger partial charge in [-0.1, -0.05) is 6.07 Å². The standard InChI is InChI=1S/C13H16O5S/c1-11(12-6-5-7-13(10-12)17-2)18-8-3-4-9-19(14,15)16/h1,5-6,10H,3-4,8-9H2,2H3,(H,14,15,16). The van der Waals surface area contributed by atoms with Gasteiger partial charge in [-0.3, -0.25) is 4.55 Å². The molecule has 0 fully saturated rings. The van der Waals surface area contributed by atoms with Gasteiger partial charge in [-0.15, -0.1) is 0 Å². The molecule has 0 spiro atoms. The summed E-state index contributed by atoms with van der Waals surface area (Å²) in [6.07, 6.45) is 0.800. The molecule has 0 bridgehead atoms. The third-order valence-corrected chi connectivity index (χ3v) is 3.14. The minimum Gasteiger partial charge on any atom is -0.496 e. The number of hydrogen-bond donors (Lipinski definition) is 1. The van der Waals surface area contributed by atoms with Gasteiger partial charge in [0.2, 0.25) is 0 Å². The van der Waals surface area contributed by atoms with Gasteiger partial charge in [0.25, 0.3) is 10.1 Å². The van der Waals surface area contributed by atoms with Crippen LogP contribution in [0.2, 0.25) is 0 Å². The molecular formula is C13H16O5S. The van der Waals surface area contributed by atoms with E-state index in [0.717, 1.165) is 0 Å². The van der Waals surface area contributed by atoms with Crippen molar-refractivity contribution in [2.24, 2.45) is 0 Å². The molecule has 0 saturated heterocycles. The SMILES string of the molecule is [CH]=C(OCCCCS(=O)(=O)O)c1cc[c]c(OC)c1. The Bertz CT molecular complexity index is 522. The Morgan fingerprint density at radius 1 is 1.47 bits per heavy atom. The van der Waals surface area contributed by atoms with E-state index >= 15 is 0 Å². The molecule has 1 N–H and O–H groups in total. The van der Waals surface area contributed by atoms with Crippen LogP contribution in [0.3, 0.4) is 0 Å². The van der Waals surface area contributed by atoms with Crippen LogP contribution in [-0.4, -0.2) is 32.4 Å². The van der Waals surface area contributed by atoms with E-state index in [1.165, 1.54) is 7.11 Å². The van der Waals surface area contributed by atoms with E-state index in [2.05, 4.69) is 6.07 Å². The second kappa shape index (κ2) is 7.16. The fourth-order valence-electron chi connectivity index (χ4n) is 1.37. The third-order valence-electron chi connectivity index (χ3n) is 2.33. The van der Waals surface area contributed by atoms with Crippen LogP contribution in [0.25, 0.3) is 5.76 Å². The first-order valence-electron chi connectivity index (χ1n) is 5.69. The smallest absolute Gasteiger partial charge is 0.264 e. The average Bonchev–Trinajstić information content (AvgIpc) is 2.37. The summed E-state index contributed by atoms with van der Waals surface area (Å²) >= 11 is 0. The first-order chi connectivity index (χ1) is 8.92. The van der Waals surface area contributed by atoms with Crippen molar-refractivity contribution in [1.82, 2.24) is 0 Å². The summed E-state index contributed by atoms with van der Waals surface area (Å²) in [5.41, 5.74) is 0.672. The molecule has 0 aromatic heterocycles. The molecule has 0 aliphatic carbocycles. The second-order valence-electron chi connectivity index (χ2n) is 3.85. The molecule has 1 aromatic rings. The number of methoxy groups -OCH3 is 1. The zero-order valence-electron chi connectivity index (χ0n) is 10.6. The van der Waals surface area contributed by atoms with Gasteiger partial charge >= 0.3 is 0 Å². The van der Waals surface area contributed by atoms with E-state index in [0.29, 0.717) is 24.2 Å². The second-order valence-corrected chi connectivity index (χ2v) is 5.42. The predicted octanol–water partition coefficient (Wildman–Crippen LogP) is 1.95. The lowest BCUT2D eigenvalue weighted by atomic mass is 10.2. The van der Waals surface area contributed by atoms with E-state index in [9.17, 15) is 8.42 Å². The Labute approximate surface area is 113 Å². The Kier molecular flexibility index (Phi) is 5.85. The molecule has 5 nitrogen and oxygen atoms in total. The summed E-state index contributed by atoms with van der Waals surface area (Å²) in [5.74, 6) is 0.513. The number of benzene rings is 1. The van der Waals surface area contributed by atoms with Crippen LogP contribution in [0.4, 0.5) is 0 Å². The molecule has 0 saturated carbocycles. The molecule has 19 heavy (non-hydrogen) atoms. The predicted molar refractivity (Wildman–Crippen MR) is 71.1 cm³/mol. The lowest BCUT2D eigenvalue weighted by Gasteiger charge is -2.09. The first kappa shape index (κ1) is 15.5. The number of unbranched alkanes of at least 4 members (excludes halogenated alkanes) is 1. The Hall–Kier alpha value is -1.53. The van der Waals surface area contributed by atoms with Crippen LogP contribution in [0.5, 0.6) is 5.75 Å². The van der Waals surface area contributed by atoms with Crippen molar-refractivity contribution in [2.45, 2.75) is 12.8 Å². The van der Waals surface area contributed by atoms with E-state index in [1.807, 2.05) is 0 Å². The minimum absolute atomic E-state index is 0.235. The number of ether oxygens (including phenoxy) is 2. The maximum atomic E-state index is 10.5. The summed E-state index contributed by atoms with van der Waals surface area (Å²) in [6.45, 7) is 6.02. The molecule has 0 amide bonds. The molecule has 0 aliphatic rings. The van der Waals surface area contributed by atoms with Crippen molar-refractivity contribution < 1.29 is 22.4 Å². The van der Waals surface area contributed by atoms with Crippen LogP contribution < -0.4 is 4.74 Å². The van der Waals surface area contributed by atoms with Gasteiger partial charge < -0.3 is 9.47 Å². The lowest BCUT2D eigenvalue weighted by Crippen LogP contribution is -2.05. The summed E-state index contributed by atoms with van der Waals surface area (Å²) in [7, 11) is -2.37. The molecular weight excluding hydrogens is 268 g/mol. The third kappa shape index (κ3) is 6.26. The molecule has 0 unspecified atom stereocenters. The summed E-state index contributed by atoms with van der Waals surface area (Å²) in [5, 5.41) is 0. The van der Waals surface area contributed by atoms with Crippen LogP contribution in [0, 0.1) is 12.6 Å². The normalized spacial score (nSPS) is 11.1. The molecule has 1 rings (SSSR count). The van der Waals surface area contributed by atoms with Crippen LogP contribution in [0.1, 0.15) is 18.4 Å². The molecule has 6 heteroatoms. The highest BCUT2D eigenvalue weighted by atomic mass is 32.2. The van der Waals surface area contributed by atoms with Crippen molar-refractivity contribution in [3.8, 4) is 5.75 Å². The van der Waals surface area contributed by atoms with Crippen molar-refractivity contribution in [1.29, 1.82) is 0 Å². The largest absolute Gasteiger partial charge is 0.496 e. The molecule has 0 aliphatic heterocycles. The minimum atomic E-state index is -3.90. The highest BCUT2D eigenvalue weighted by Gasteiger charge is 2.05. The number of hydrogen-bond acceptors (Lipinski definition) is 4. The molecule has 0 heterocycles. The van der Waals surface area contributed by atoms with E-state index in [-0.39, 0.29) is 18.1 Å². The van der Waals surface area contributed by atoms with Crippen molar-refractivity contribution in [2.75, 3.05) is 19.5 Å². The molecule has 2 radical (unpaired) electrons. The highest BCUT2D eigenvalue weighted by Crippen LogP contribution is 2.19. The zero-order valence-corrected chi connectivity index (χ0v) is 11.4. The zero-order chi connectivity index (χ0) is 14.3. The Balaban J connectivity index is 2.35. The Morgan fingerprint density at radius 3 is 2.84 bits per heavy atom. The van der Waals surface area contributed by atoms with Gasteiger partial charge in [0.1, 0.15) is 11.5 Å². The molecule has 104 valence electrons. The van der Waals surface area contributed by atoms with Crippen molar-refractivity contribution in [3.63, 3.8) is 0 Å². The van der Waals surface area contributed by atoms with Gasteiger partial charge in [-0.25, -0.2) is 0 Å². The lowest BCUT2D eigenvalue weighted by molar-refractivity contribution is 0.270. The van der Waals surface area contributed by atoms with Gasteiger partial charge in [-0.05, 0) is 31.6 Å². The monoisotopic (exact) mass is 284 g/mol. The van der Waals surface area contributed by atoms with E-state index in [4.69, 9.17) is 20.6 Å². The van der Waals surface area contributed by atoms with E-state index < -0.39 is 10.1 Å². The summed E-state index contributed by atoms with van der Waals surface area (Å²) in [6, 6.07) is 7.95. The maximum Gasteiger partial charge on any atom is 0.264 e. The van der Waals surface area contributed by atoms with Gasteiger partial charge in [0.15, 0.2) is 0 Å². The first-order valence-corrected chi connectivity index (χ1v) is 7.30.